The van der Waals surface area contributed by atoms with Crippen molar-refractivity contribution in [1.82, 2.24) is 0 Å². The first-order chi connectivity index (χ1) is 18.4. The molecule has 0 aromatic heterocycles. The fraction of sp³-hybridized carbons (Fsp3) is 0.800. The molecule has 0 unspecified atom stereocenters. The van der Waals surface area contributed by atoms with E-state index in [0.29, 0.717) is 42.5 Å². The van der Waals surface area contributed by atoms with Gasteiger partial charge in [-0.1, -0.05) is 66.2 Å². The Balaban J connectivity index is 1.60. The third-order valence-corrected chi connectivity index (χ3v) is 13.8. The number of carbonyl (C=O) groups is 3. The molecule has 0 saturated heterocycles. The lowest BCUT2D eigenvalue weighted by Gasteiger charge is -2.70. The number of allylic oxidation sites excluding steroid dienone is 3. The zero-order valence-electron chi connectivity index (χ0n) is 26.4. The number of fused-ring (bicyclic) bond motifs is 7. The van der Waals surface area contributed by atoms with E-state index >= 15 is 0 Å². The average molecular weight is 553 g/mol. The minimum Gasteiger partial charge on any atom is -0.481 e. The highest BCUT2D eigenvalue weighted by atomic mass is 16.5. The van der Waals surface area contributed by atoms with Gasteiger partial charge in [0.1, 0.15) is 17.3 Å². The zero-order chi connectivity index (χ0) is 29.7. The largest absolute Gasteiger partial charge is 0.481 e. The number of hydrogen-bond acceptors (Lipinski definition) is 4. The fourth-order valence-electron chi connectivity index (χ4n) is 11.1. The Hall–Kier alpha value is -1.91. The van der Waals surface area contributed by atoms with Crippen molar-refractivity contribution in [3.05, 3.63) is 23.3 Å². The first-order valence-electron chi connectivity index (χ1n) is 15.7. The maximum Gasteiger partial charge on any atom is 0.333 e. The van der Waals surface area contributed by atoms with Crippen molar-refractivity contribution in [3.63, 3.8) is 0 Å². The molecule has 40 heavy (non-hydrogen) atoms. The van der Waals surface area contributed by atoms with Crippen LogP contribution in [0.2, 0.25) is 0 Å². The topological polar surface area (TPSA) is 80.7 Å². The number of ketones is 1. The summed E-state index contributed by atoms with van der Waals surface area (Å²) in [5.74, 6) is -0.125. The summed E-state index contributed by atoms with van der Waals surface area (Å²) < 4.78 is 6.13. The van der Waals surface area contributed by atoms with E-state index in [9.17, 15) is 19.5 Å². The summed E-state index contributed by atoms with van der Waals surface area (Å²) in [6.45, 7) is 19.7. The number of rotatable bonds is 3. The smallest absolute Gasteiger partial charge is 0.333 e. The molecule has 0 amide bonds. The third-order valence-electron chi connectivity index (χ3n) is 13.8. The molecule has 5 aliphatic rings. The van der Waals surface area contributed by atoms with Crippen molar-refractivity contribution in [3.8, 4) is 0 Å². The molecule has 8 atom stereocenters. The maximum absolute atomic E-state index is 13.4. The van der Waals surface area contributed by atoms with Gasteiger partial charge in [0.2, 0.25) is 0 Å². The van der Waals surface area contributed by atoms with Crippen LogP contribution in [-0.4, -0.2) is 28.9 Å². The molecule has 5 rings (SSSR count). The lowest BCUT2D eigenvalue weighted by Crippen LogP contribution is -2.66. The molecule has 0 heterocycles. The number of carboxylic acid groups (broad SMARTS) is 1. The molecule has 5 heteroatoms. The van der Waals surface area contributed by atoms with Crippen LogP contribution in [0.1, 0.15) is 120 Å². The Bertz CT molecular complexity index is 1190. The molecular formula is C35H52O5. The van der Waals surface area contributed by atoms with Gasteiger partial charge in [0.25, 0.3) is 0 Å². The SMILES string of the molecule is C/C=C(/C)C(=O)O[C@@H]1CC(C)(C)C[C@H]2C3=CC[C@H]4[C@@]5(C)CCC(=O)C(C)(C)[C@@H]5CC[C@]4(C)[C@]3(C)CC[C@]12C(=O)O. The Kier molecular flexibility index (Phi) is 6.69. The van der Waals surface area contributed by atoms with Gasteiger partial charge in [0, 0.05) is 23.3 Å². The van der Waals surface area contributed by atoms with Gasteiger partial charge >= 0.3 is 11.9 Å². The number of Topliss-reactive ketones (excluding diaryl/α,β-unsaturated/α-hetero) is 1. The van der Waals surface area contributed by atoms with E-state index < -0.39 is 23.5 Å². The van der Waals surface area contributed by atoms with E-state index in [4.69, 9.17) is 4.74 Å². The fourth-order valence-corrected chi connectivity index (χ4v) is 11.1. The molecule has 5 nitrogen and oxygen atoms in total. The molecule has 0 bridgehead atoms. The van der Waals surface area contributed by atoms with Crippen molar-refractivity contribution in [2.24, 2.45) is 50.2 Å². The second-order valence-electron chi connectivity index (χ2n) is 16.3. The van der Waals surface area contributed by atoms with E-state index in [1.165, 1.54) is 5.57 Å². The van der Waals surface area contributed by atoms with Crippen LogP contribution < -0.4 is 0 Å². The van der Waals surface area contributed by atoms with Gasteiger partial charge in [-0.05, 0) is 98.7 Å². The molecule has 0 aliphatic heterocycles. The van der Waals surface area contributed by atoms with Crippen LogP contribution in [-0.2, 0) is 19.1 Å². The summed E-state index contributed by atoms with van der Waals surface area (Å²) in [5.41, 5.74) is 0.279. The first kappa shape index (κ1) is 29.6. The number of ether oxygens (including phenoxy) is 1. The Morgan fingerprint density at radius 2 is 1.65 bits per heavy atom. The molecule has 4 saturated carbocycles. The van der Waals surface area contributed by atoms with Crippen molar-refractivity contribution < 1.29 is 24.2 Å². The van der Waals surface area contributed by atoms with Crippen molar-refractivity contribution in [2.45, 2.75) is 126 Å². The van der Waals surface area contributed by atoms with E-state index in [0.717, 1.165) is 38.5 Å². The normalized spacial score (nSPS) is 45.7. The molecule has 0 radical (unpaired) electrons. The van der Waals surface area contributed by atoms with Gasteiger partial charge in [0.15, 0.2) is 0 Å². The van der Waals surface area contributed by atoms with E-state index in [1.807, 2.05) is 6.92 Å². The minimum atomic E-state index is -1.10. The lowest BCUT2D eigenvalue weighted by atomic mass is 9.33. The molecule has 1 N–H and O–H groups in total. The van der Waals surface area contributed by atoms with Crippen LogP contribution in [0.4, 0.5) is 0 Å². The van der Waals surface area contributed by atoms with Crippen molar-refractivity contribution >= 4 is 17.7 Å². The van der Waals surface area contributed by atoms with Crippen molar-refractivity contribution in [2.75, 3.05) is 0 Å². The summed E-state index contributed by atoms with van der Waals surface area (Å²) in [4.78, 5) is 39.4. The van der Waals surface area contributed by atoms with Gasteiger partial charge in [-0.15, -0.1) is 0 Å². The summed E-state index contributed by atoms with van der Waals surface area (Å²) in [6.07, 6.45) is 10.9. The second-order valence-corrected chi connectivity index (χ2v) is 16.3. The summed E-state index contributed by atoms with van der Waals surface area (Å²) in [7, 11) is 0. The monoisotopic (exact) mass is 552 g/mol. The molecule has 222 valence electrons. The van der Waals surface area contributed by atoms with Crippen LogP contribution >= 0.6 is 0 Å². The minimum absolute atomic E-state index is 0.0266. The van der Waals surface area contributed by atoms with Crippen LogP contribution in [0, 0.1) is 50.2 Å². The number of aliphatic carboxylic acids is 1. The van der Waals surface area contributed by atoms with E-state index in [2.05, 4.69) is 54.5 Å². The molecule has 0 aromatic carbocycles. The van der Waals surface area contributed by atoms with Gasteiger partial charge in [-0.3, -0.25) is 9.59 Å². The number of esters is 1. The maximum atomic E-state index is 13.4. The third kappa shape index (κ3) is 3.73. The first-order valence-corrected chi connectivity index (χ1v) is 15.7. The summed E-state index contributed by atoms with van der Waals surface area (Å²) in [6, 6.07) is 0. The predicted molar refractivity (Wildman–Crippen MR) is 156 cm³/mol. The van der Waals surface area contributed by atoms with Crippen LogP contribution in [0.25, 0.3) is 0 Å². The Morgan fingerprint density at radius 3 is 2.27 bits per heavy atom. The van der Waals surface area contributed by atoms with Gasteiger partial charge < -0.3 is 9.84 Å². The van der Waals surface area contributed by atoms with E-state index in [1.54, 1.807) is 13.0 Å². The average Bonchev–Trinajstić information content (AvgIpc) is 2.85. The number of hydrogen-bond donors (Lipinski definition) is 1. The lowest BCUT2D eigenvalue weighted by molar-refractivity contribution is -0.206. The van der Waals surface area contributed by atoms with Gasteiger partial charge in [-0.2, -0.15) is 0 Å². The van der Waals surface area contributed by atoms with Crippen LogP contribution in [0.5, 0.6) is 0 Å². The highest BCUT2D eigenvalue weighted by Crippen LogP contribution is 2.75. The highest BCUT2D eigenvalue weighted by Gasteiger charge is 2.71. The Labute approximate surface area is 241 Å². The van der Waals surface area contributed by atoms with E-state index in [-0.39, 0.29) is 33.0 Å². The number of carbonyl (C=O) groups excluding carboxylic acids is 2. The second kappa shape index (κ2) is 9.04. The molecule has 5 aliphatic carbocycles. The zero-order valence-corrected chi connectivity index (χ0v) is 26.4. The van der Waals surface area contributed by atoms with Gasteiger partial charge in [0.05, 0.1) is 0 Å². The van der Waals surface area contributed by atoms with Crippen LogP contribution in [0.3, 0.4) is 0 Å². The molecule has 0 spiro atoms. The Morgan fingerprint density at radius 1 is 0.975 bits per heavy atom. The predicted octanol–water partition coefficient (Wildman–Crippen LogP) is 7.93. The summed E-state index contributed by atoms with van der Waals surface area (Å²) >= 11 is 0. The quantitative estimate of drug-likeness (QED) is 0.218. The molecule has 4 fully saturated rings. The van der Waals surface area contributed by atoms with Crippen molar-refractivity contribution in [1.29, 1.82) is 0 Å². The standard InChI is InChI=1S/C35H52O5/c1-10-21(2)28(37)40-27-20-30(3,4)19-23-22-11-12-25-32(7)15-14-26(36)31(5,6)24(32)13-16-34(25,9)33(22,8)17-18-35(23,27)29(38)39/h10-11,23-25,27H,12-20H2,1-9H3,(H,38,39)/b21-10-/t23-,24-,25-,27+,32-,33+,34-,35+/m0/s1. The van der Waals surface area contributed by atoms with Gasteiger partial charge in [-0.25, -0.2) is 4.79 Å². The van der Waals surface area contributed by atoms with Crippen LogP contribution in [0.15, 0.2) is 23.3 Å². The highest BCUT2D eigenvalue weighted by molar-refractivity contribution is 5.88. The number of carboxylic acids is 1. The molecule has 0 aromatic rings. The summed E-state index contributed by atoms with van der Waals surface area (Å²) in [5, 5.41) is 11.0. The molecular weight excluding hydrogens is 500 g/mol.